The highest BCUT2D eigenvalue weighted by Crippen LogP contribution is 2.10. The molecule has 2 aromatic heterocycles. The summed E-state index contributed by atoms with van der Waals surface area (Å²) in [6, 6.07) is 5.91. The summed E-state index contributed by atoms with van der Waals surface area (Å²) >= 11 is 0. The second kappa shape index (κ2) is 5.24. The van der Waals surface area contributed by atoms with Crippen molar-refractivity contribution in [3.63, 3.8) is 0 Å². The molecular formula is C12H15N5O. The van der Waals surface area contributed by atoms with Gasteiger partial charge in [-0.3, -0.25) is 4.98 Å². The van der Waals surface area contributed by atoms with Crippen molar-refractivity contribution in [3.8, 4) is 0 Å². The van der Waals surface area contributed by atoms with E-state index in [1.165, 1.54) is 0 Å². The van der Waals surface area contributed by atoms with Gasteiger partial charge in [0, 0.05) is 19.3 Å². The number of hydrogen-bond donors (Lipinski definition) is 1. The molecule has 3 heterocycles. The van der Waals surface area contributed by atoms with Gasteiger partial charge in [0.1, 0.15) is 0 Å². The second-order valence-electron chi connectivity index (χ2n) is 4.29. The minimum absolute atomic E-state index is 0.142. The molecule has 0 aliphatic carbocycles. The van der Waals surface area contributed by atoms with Crippen molar-refractivity contribution in [2.24, 2.45) is 0 Å². The van der Waals surface area contributed by atoms with Crippen LogP contribution < -0.4 is 5.32 Å². The number of fused-ring (bicyclic) bond motifs is 1. The van der Waals surface area contributed by atoms with E-state index in [0.29, 0.717) is 6.61 Å². The lowest BCUT2D eigenvalue weighted by molar-refractivity contribution is 0.000944. The molecule has 0 amide bonds. The van der Waals surface area contributed by atoms with E-state index in [2.05, 4.69) is 20.6 Å². The first-order valence-corrected chi connectivity index (χ1v) is 6.01. The zero-order valence-electron chi connectivity index (χ0n) is 9.99. The molecule has 1 aliphatic heterocycles. The van der Waals surface area contributed by atoms with Crippen LogP contribution in [0, 0.1) is 0 Å². The molecule has 3 rings (SSSR count). The fourth-order valence-corrected chi connectivity index (χ4v) is 1.98. The Morgan fingerprint density at radius 1 is 1.44 bits per heavy atom. The molecule has 0 spiro atoms. The van der Waals surface area contributed by atoms with Crippen LogP contribution in [0.2, 0.25) is 0 Å². The number of nitrogens with one attached hydrogen (secondary N) is 1. The summed E-state index contributed by atoms with van der Waals surface area (Å²) in [6.45, 7) is 2.88. The zero-order chi connectivity index (χ0) is 12.2. The van der Waals surface area contributed by atoms with Crippen LogP contribution in [0.3, 0.4) is 0 Å². The monoisotopic (exact) mass is 245 g/mol. The van der Waals surface area contributed by atoms with E-state index in [0.717, 1.165) is 31.0 Å². The van der Waals surface area contributed by atoms with Crippen molar-refractivity contribution in [3.05, 3.63) is 42.0 Å². The minimum Gasteiger partial charge on any atom is -0.369 e. The summed E-state index contributed by atoms with van der Waals surface area (Å²) in [7, 11) is 0. The van der Waals surface area contributed by atoms with Crippen LogP contribution in [0.1, 0.15) is 11.4 Å². The molecule has 1 N–H and O–H groups in total. The van der Waals surface area contributed by atoms with Gasteiger partial charge in [-0.2, -0.15) is 0 Å². The molecule has 6 nitrogen and oxygen atoms in total. The maximum atomic E-state index is 5.72. The van der Waals surface area contributed by atoms with E-state index in [1.807, 2.05) is 22.9 Å². The molecule has 0 aromatic carbocycles. The van der Waals surface area contributed by atoms with Gasteiger partial charge in [-0.25, -0.2) is 4.68 Å². The van der Waals surface area contributed by atoms with Crippen LogP contribution in [0.4, 0.5) is 0 Å². The van der Waals surface area contributed by atoms with Crippen LogP contribution in [0.15, 0.2) is 30.6 Å². The molecule has 18 heavy (non-hydrogen) atoms. The van der Waals surface area contributed by atoms with E-state index < -0.39 is 0 Å². The predicted molar refractivity (Wildman–Crippen MR) is 64.5 cm³/mol. The average molecular weight is 245 g/mol. The summed E-state index contributed by atoms with van der Waals surface area (Å²) in [5, 5.41) is 11.2. The third-order valence-electron chi connectivity index (χ3n) is 2.95. The van der Waals surface area contributed by atoms with Gasteiger partial charge in [0.25, 0.3) is 0 Å². The summed E-state index contributed by atoms with van der Waals surface area (Å²) in [5.41, 5.74) is 2.07. The molecule has 0 fully saturated rings. The SMILES string of the molecule is c1ccc(CNCC2Cn3nncc3CO2)nc1. The van der Waals surface area contributed by atoms with Gasteiger partial charge in [-0.05, 0) is 12.1 Å². The second-order valence-corrected chi connectivity index (χ2v) is 4.29. The molecule has 1 aliphatic rings. The van der Waals surface area contributed by atoms with E-state index in [-0.39, 0.29) is 6.10 Å². The standard InChI is InChI=1S/C12H15N5O/c1-2-4-14-10(3-1)5-13-7-12-8-17-11(9-18-12)6-15-16-17/h1-4,6,12-13H,5,7-9H2. The predicted octanol–water partition coefficient (Wildman–Crippen LogP) is 0.362. The summed E-state index contributed by atoms with van der Waals surface area (Å²) in [5.74, 6) is 0. The van der Waals surface area contributed by atoms with E-state index in [9.17, 15) is 0 Å². The number of pyridine rings is 1. The third-order valence-corrected chi connectivity index (χ3v) is 2.95. The van der Waals surface area contributed by atoms with Crippen molar-refractivity contribution >= 4 is 0 Å². The molecule has 1 atom stereocenters. The lowest BCUT2D eigenvalue weighted by Gasteiger charge is -2.23. The molecular weight excluding hydrogens is 230 g/mol. The molecule has 2 aromatic rings. The van der Waals surface area contributed by atoms with Crippen molar-refractivity contribution in [2.45, 2.75) is 25.8 Å². The van der Waals surface area contributed by atoms with Crippen molar-refractivity contribution in [2.75, 3.05) is 6.54 Å². The largest absolute Gasteiger partial charge is 0.369 e. The number of ether oxygens (including phenoxy) is 1. The highest BCUT2D eigenvalue weighted by molar-refractivity contribution is 5.03. The minimum atomic E-state index is 0.142. The Hall–Kier alpha value is -1.79. The fourth-order valence-electron chi connectivity index (χ4n) is 1.98. The van der Waals surface area contributed by atoms with Crippen molar-refractivity contribution in [1.29, 1.82) is 0 Å². The first-order chi connectivity index (χ1) is 8.92. The smallest absolute Gasteiger partial charge is 0.0906 e. The Bertz CT molecular complexity index is 498. The van der Waals surface area contributed by atoms with Gasteiger partial charge in [0.05, 0.1) is 36.8 Å². The Balaban J connectivity index is 1.48. The Kier molecular flexibility index (Phi) is 3.29. The Morgan fingerprint density at radius 3 is 3.33 bits per heavy atom. The lowest BCUT2D eigenvalue weighted by atomic mass is 10.3. The maximum Gasteiger partial charge on any atom is 0.0906 e. The topological polar surface area (TPSA) is 64.9 Å². The molecule has 1 unspecified atom stereocenters. The van der Waals surface area contributed by atoms with Crippen LogP contribution in [-0.2, 0) is 24.4 Å². The fraction of sp³-hybridized carbons (Fsp3) is 0.417. The van der Waals surface area contributed by atoms with Crippen LogP contribution in [-0.4, -0.2) is 32.6 Å². The number of hydrogen-bond acceptors (Lipinski definition) is 5. The van der Waals surface area contributed by atoms with Gasteiger partial charge in [-0.15, -0.1) is 5.10 Å². The van der Waals surface area contributed by atoms with E-state index in [4.69, 9.17) is 4.74 Å². The van der Waals surface area contributed by atoms with Crippen molar-refractivity contribution in [1.82, 2.24) is 25.3 Å². The van der Waals surface area contributed by atoms with Crippen molar-refractivity contribution < 1.29 is 4.74 Å². The van der Waals surface area contributed by atoms with Gasteiger partial charge >= 0.3 is 0 Å². The molecule has 0 saturated carbocycles. The highest BCUT2D eigenvalue weighted by atomic mass is 16.5. The summed E-state index contributed by atoms with van der Waals surface area (Å²) < 4.78 is 7.62. The van der Waals surface area contributed by atoms with E-state index in [1.54, 1.807) is 12.4 Å². The summed E-state index contributed by atoms with van der Waals surface area (Å²) in [6.07, 6.45) is 3.69. The molecule has 6 heteroatoms. The quantitative estimate of drug-likeness (QED) is 0.842. The van der Waals surface area contributed by atoms with Gasteiger partial charge in [0.2, 0.25) is 0 Å². The van der Waals surface area contributed by atoms with Crippen LogP contribution in [0.25, 0.3) is 0 Å². The normalized spacial score (nSPS) is 18.6. The van der Waals surface area contributed by atoms with Gasteiger partial charge in [0.15, 0.2) is 0 Å². The maximum absolute atomic E-state index is 5.72. The average Bonchev–Trinajstić information content (AvgIpc) is 2.87. The molecule has 0 radical (unpaired) electrons. The number of nitrogens with zero attached hydrogens (tertiary/aromatic N) is 4. The van der Waals surface area contributed by atoms with Crippen LogP contribution in [0.5, 0.6) is 0 Å². The summed E-state index contributed by atoms with van der Waals surface area (Å²) in [4.78, 5) is 4.26. The molecule has 0 bridgehead atoms. The first kappa shape index (κ1) is 11.3. The Morgan fingerprint density at radius 2 is 2.44 bits per heavy atom. The van der Waals surface area contributed by atoms with Gasteiger partial charge in [-0.1, -0.05) is 11.3 Å². The first-order valence-electron chi connectivity index (χ1n) is 6.01. The number of rotatable bonds is 4. The third kappa shape index (κ3) is 2.55. The van der Waals surface area contributed by atoms with E-state index >= 15 is 0 Å². The zero-order valence-corrected chi connectivity index (χ0v) is 9.99. The lowest BCUT2D eigenvalue weighted by Crippen LogP contribution is -2.36. The Labute approximate surface area is 105 Å². The number of aromatic nitrogens is 4. The highest BCUT2D eigenvalue weighted by Gasteiger charge is 2.19. The van der Waals surface area contributed by atoms with Crippen LogP contribution >= 0.6 is 0 Å². The van der Waals surface area contributed by atoms with Gasteiger partial charge < -0.3 is 10.1 Å². The molecule has 94 valence electrons. The molecule has 0 saturated heterocycles.